The number of amides is 2. The van der Waals surface area contributed by atoms with Crippen molar-refractivity contribution in [1.29, 1.82) is 0 Å². The van der Waals surface area contributed by atoms with E-state index in [1.165, 1.54) is 13.2 Å². The minimum absolute atomic E-state index is 0.171. The molecule has 146 valence electrons. The fourth-order valence-corrected chi connectivity index (χ4v) is 2.96. The van der Waals surface area contributed by atoms with Crippen molar-refractivity contribution < 1.29 is 18.7 Å². The molecule has 2 amide bonds. The molecule has 8 heteroatoms. The SMILES string of the molecule is COc1ccc2oc(-c3ccc(NC(=O)C4=NNC(=O)CC4)cc3)cc(=O)c2c1. The third-order valence-electron chi connectivity index (χ3n) is 4.53. The largest absolute Gasteiger partial charge is 0.497 e. The van der Waals surface area contributed by atoms with Crippen LogP contribution in [-0.4, -0.2) is 24.6 Å². The van der Waals surface area contributed by atoms with Crippen LogP contribution < -0.4 is 20.9 Å². The molecule has 0 saturated carbocycles. The first kappa shape index (κ1) is 18.4. The van der Waals surface area contributed by atoms with Crippen molar-refractivity contribution in [3.63, 3.8) is 0 Å². The van der Waals surface area contributed by atoms with E-state index in [1.54, 1.807) is 42.5 Å². The van der Waals surface area contributed by atoms with Crippen LogP contribution >= 0.6 is 0 Å². The van der Waals surface area contributed by atoms with Gasteiger partial charge in [0.15, 0.2) is 5.43 Å². The van der Waals surface area contributed by atoms with Gasteiger partial charge in [0.2, 0.25) is 5.91 Å². The minimum Gasteiger partial charge on any atom is -0.497 e. The zero-order valence-electron chi connectivity index (χ0n) is 15.5. The molecule has 0 spiro atoms. The molecule has 4 rings (SSSR count). The molecular weight excluding hydrogens is 374 g/mol. The van der Waals surface area contributed by atoms with Crippen molar-refractivity contribution in [3.8, 4) is 17.1 Å². The Bertz CT molecular complexity index is 1200. The number of nitrogens with zero attached hydrogens (tertiary/aromatic N) is 1. The van der Waals surface area contributed by atoms with Crippen LogP contribution in [0.25, 0.3) is 22.3 Å². The van der Waals surface area contributed by atoms with Crippen LogP contribution in [0.1, 0.15) is 12.8 Å². The second kappa shape index (κ2) is 7.59. The molecule has 2 heterocycles. The summed E-state index contributed by atoms with van der Waals surface area (Å²) >= 11 is 0. The predicted molar refractivity (Wildman–Crippen MR) is 108 cm³/mol. The first-order valence-corrected chi connectivity index (χ1v) is 8.92. The summed E-state index contributed by atoms with van der Waals surface area (Å²) in [4.78, 5) is 35.8. The first-order valence-electron chi connectivity index (χ1n) is 8.92. The Morgan fingerprint density at radius 3 is 2.59 bits per heavy atom. The maximum absolute atomic E-state index is 12.4. The van der Waals surface area contributed by atoms with Gasteiger partial charge in [0.1, 0.15) is 22.8 Å². The van der Waals surface area contributed by atoms with Crippen LogP contribution in [0, 0.1) is 0 Å². The highest BCUT2D eigenvalue weighted by molar-refractivity contribution is 6.43. The van der Waals surface area contributed by atoms with E-state index >= 15 is 0 Å². The van der Waals surface area contributed by atoms with Crippen molar-refractivity contribution in [2.75, 3.05) is 12.4 Å². The number of hydrazone groups is 1. The normalized spacial score (nSPS) is 13.6. The molecule has 8 nitrogen and oxygen atoms in total. The van der Waals surface area contributed by atoms with E-state index in [1.807, 2.05) is 0 Å². The van der Waals surface area contributed by atoms with Gasteiger partial charge in [-0.3, -0.25) is 14.4 Å². The molecule has 0 unspecified atom stereocenters. The first-order chi connectivity index (χ1) is 14.0. The van der Waals surface area contributed by atoms with Crippen molar-refractivity contribution in [3.05, 3.63) is 58.8 Å². The Kier molecular flexibility index (Phi) is 4.82. The summed E-state index contributed by atoms with van der Waals surface area (Å²) in [5.41, 5.74) is 4.11. The summed E-state index contributed by atoms with van der Waals surface area (Å²) in [6.45, 7) is 0. The van der Waals surface area contributed by atoms with Gasteiger partial charge in [0.25, 0.3) is 5.91 Å². The molecule has 0 bridgehead atoms. The number of fused-ring (bicyclic) bond motifs is 1. The Hall–Kier alpha value is -3.94. The van der Waals surface area contributed by atoms with Crippen molar-refractivity contribution >= 4 is 34.2 Å². The van der Waals surface area contributed by atoms with Crippen LogP contribution in [-0.2, 0) is 9.59 Å². The number of methoxy groups -OCH3 is 1. The average molecular weight is 391 g/mol. The number of rotatable bonds is 4. The number of carbonyl (C=O) groups is 2. The smallest absolute Gasteiger partial charge is 0.271 e. The van der Waals surface area contributed by atoms with Crippen LogP contribution in [0.2, 0.25) is 0 Å². The highest BCUT2D eigenvalue weighted by Gasteiger charge is 2.18. The van der Waals surface area contributed by atoms with Crippen LogP contribution in [0.4, 0.5) is 5.69 Å². The summed E-state index contributed by atoms with van der Waals surface area (Å²) in [6, 6.07) is 13.4. The van der Waals surface area contributed by atoms with E-state index in [9.17, 15) is 14.4 Å². The predicted octanol–water partition coefficient (Wildman–Crippen LogP) is 2.67. The maximum atomic E-state index is 12.4. The molecule has 0 saturated heterocycles. The van der Waals surface area contributed by atoms with Gasteiger partial charge in [-0.2, -0.15) is 5.10 Å². The fraction of sp³-hybridized carbons (Fsp3) is 0.143. The second-order valence-electron chi connectivity index (χ2n) is 6.46. The van der Waals surface area contributed by atoms with Crippen molar-refractivity contribution in [2.45, 2.75) is 12.8 Å². The monoisotopic (exact) mass is 391 g/mol. The summed E-state index contributed by atoms with van der Waals surface area (Å²) in [5.74, 6) is 0.426. The second-order valence-corrected chi connectivity index (χ2v) is 6.46. The lowest BCUT2D eigenvalue weighted by atomic mass is 10.1. The number of ether oxygens (including phenoxy) is 1. The van der Waals surface area contributed by atoms with Gasteiger partial charge in [-0.1, -0.05) is 0 Å². The molecule has 0 aliphatic carbocycles. The maximum Gasteiger partial charge on any atom is 0.271 e. The quantitative estimate of drug-likeness (QED) is 0.711. The Labute approximate surface area is 165 Å². The number of nitrogens with one attached hydrogen (secondary N) is 2. The van der Waals surface area contributed by atoms with Gasteiger partial charge >= 0.3 is 0 Å². The van der Waals surface area contributed by atoms with Gasteiger partial charge in [0.05, 0.1) is 12.5 Å². The number of hydrogen-bond donors (Lipinski definition) is 2. The molecule has 0 fully saturated rings. The molecular formula is C21H17N3O5. The van der Waals surface area contributed by atoms with E-state index in [2.05, 4.69) is 15.8 Å². The Morgan fingerprint density at radius 2 is 1.90 bits per heavy atom. The summed E-state index contributed by atoms with van der Waals surface area (Å²) < 4.78 is 11.0. The molecule has 2 aromatic carbocycles. The van der Waals surface area contributed by atoms with Crippen LogP contribution in [0.3, 0.4) is 0 Å². The van der Waals surface area contributed by atoms with Gasteiger partial charge in [0, 0.05) is 30.2 Å². The third-order valence-corrected chi connectivity index (χ3v) is 4.53. The van der Waals surface area contributed by atoms with E-state index in [0.717, 1.165) is 0 Å². The Balaban J connectivity index is 1.55. The third kappa shape index (κ3) is 3.86. The van der Waals surface area contributed by atoms with E-state index < -0.39 is 0 Å². The van der Waals surface area contributed by atoms with Crippen molar-refractivity contribution in [1.82, 2.24) is 5.43 Å². The highest BCUT2D eigenvalue weighted by atomic mass is 16.5. The van der Waals surface area contributed by atoms with E-state index in [-0.39, 0.29) is 29.4 Å². The number of hydrogen-bond acceptors (Lipinski definition) is 6. The summed E-state index contributed by atoms with van der Waals surface area (Å²) in [7, 11) is 1.54. The van der Waals surface area contributed by atoms with Gasteiger partial charge in [-0.15, -0.1) is 0 Å². The zero-order valence-corrected chi connectivity index (χ0v) is 15.5. The lowest BCUT2D eigenvalue weighted by Gasteiger charge is -2.12. The van der Waals surface area contributed by atoms with Crippen LogP contribution in [0.15, 0.2) is 62.8 Å². The van der Waals surface area contributed by atoms with Crippen molar-refractivity contribution in [2.24, 2.45) is 5.10 Å². The van der Waals surface area contributed by atoms with E-state index in [0.29, 0.717) is 40.2 Å². The standard InChI is InChI=1S/C21H17N3O5/c1-28-14-6-8-18-15(10-14)17(25)11-19(29-18)12-2-4-13(5-3-12)22-21(27)16-7-9-20(26)24-23-16/h2-6,8,10-11H,7,9H2,1H3,(H,22,27)(H,24,26). The van der Waals surface area contributed by atoms with Gasteiger partial charge in [-0.25, -0.2) is 5.43 Å². The number of benzene rings is 2. The average Bonchev–Trinajstić information content (AvgIpc) is 2.74. The number of carbonyl (C=O) groups excluding carboxylic acids is 2. The number of anilines is 1. The molecule has 1 aliphatic rings. The topological polar surface area (TPSA) is 110 Å². The summed E-state index contributed by atoms with van der Waals surface area (Å²) in [6.07, 6.45) is 0.529. The molecule has 2 N–H and O–H groups in total. The highest BCUT2D eigenvalue weighted by Crippen LogP contribution is 2.25. The lowest BCUT2D eigenvalue weighted by molar-refractivity contribution is -0.121. The Morgan fingerprint density at radius 1 is 1.10 bits per heavy atom. The van der Waals surface area contributed by atoms with Crippen LogP contribution in [0.5, 0.6) is 5.75 Å². The van der Waals surface area contributed by atoms with E-state index in [4.69, 9.17) is 9.15 Å². The van der Waals surface area contributed by atoms with Gasteiger partial charge < -0.3 is 14.5 Å². The summed E-state index contributed by atoms with van der Waals surface area (Å²) in [5, 5.41) is 6.94. The van der Waals surface area contributed by atoms with Gasteiger partial charge in [-0.05, 0) is 42.5 Å². The molecule has 1 aliphatic heterocycles. The molecule has 0 atom stereocenters. The molecule has 0 radical (unpaired) electrons. The molecule has 29 heavy (non-hydrogen) atoms. The zero-order chi connectivity index (χ0) is 20.4. The fourth-order valence-electron chi connectivity index (χ4n) is 2.96. The molecule has 1 aromatic heterocycles. The minimum atomic E-state index is -0.371. The molecule has 3 aromatic rings. The lowest BCUT2D eigenvalue weighted by Crippen LogP contribution is -2.32.